The molecule has 1 aromatic carbocycles. The maximum atomic E-state index is 11.3. The Morgan fingerprint density at radius 2 is 2.00 bits per heavy atom. The van der Waals surface area contributed by atoms with Gasteiger partial charge in [0, 0.05) is 12.2 Å². The maximum absolute atomic E-state index is 11.3. The molecule has 0 saturated heterocycles. The Kier molecular flexibility index (Phi) is 4.00. The van der Waals surface area contributed by atoms with E-state index in [2.05, 4.69) is 5.32 Å². The van der Waals surface area contributed by atoms with Crippen LogP contribution in [0.25, 0.3) is 0 Å². The number of carbonyl (C=O) groups excluding carboxylic acids is 2. The van der Waals surface area contributed by atoms with E-state index < -0.39 is 0 Å². The molecule has 4 heteroatoms. The lowest BCUT2D eigenvalue weighted by Crippen LogP contribution is -2.16. The molecule has 80 valence electrons. The zero-order chi connectivity index (χ0) is 11.3. The maximum Gasteiger partial charge on any atom is 0.231 e. The number of carbonyl (C=O) groups is 2. The Hall–Kier alpha value is -1.68. The summed E-state index contributed by atoms with van der Waals surface area (Å²) in [6, 6.07) is 7.26. The van der Waals surface area contributed by atoms with Crippen molar-refractivity contribution in [3.63, 3.8) is 0 Å². The van der Waals surface area contributed by atoms with E-state index in [1.807, 2.05) is 18.2 Å². The molecule has 4 nitrogen and oxygen atoms in total. The molecule has 0 aliphatic carbocycles. The van der Waals surface area contributed by atoms with E-state index in [9.17, 15) is 9.59 Å². The Bertz CT molecular complexity index is 375. The molecule has 0 atom stereocenters. The number of para-hydroxylation sites is 1. The second-order valence-corrected chi connectivity index (χ2v) is 3.29. The molecule has 0 spiro atoms. The van der Waals surface area contributed by atoms with Crippen LogP contribution in [0, 0.1) is 0 Å². The number of nitrogens with one attached hydrogen (secondary N) is 1. The number of Topliss-reactive ketones (excluding diaryl/α,β-unsaturated/α-hetero) is 1. The Labute approximate surface area is 88.5 Å². The van der Waals surface area contributed by atoms with Crippen LogP contribution in [0.5, 0.6) is 0 Å². The van der Waals surface area contributed by atoms with Gasteiger partial charge >= 0.3 is 0 Å². The summed E-state index contributed by atoms with van der Waals surface area (Å²) in [6.07, 6.45) is -0.0983. The van der Waals surface area contributed by atoms with E-state index in [1.54, 1.807) is 6.07 Å². The van der Waals surface area contributed by atoms with Crippen LogP contribution in [0.3, 0.4) is 0 Å². The van der Waals surface area contributed by atoms with Crippen LogP contribution < -0.4 is 11.1 Å². The van der Waals surface area contributed by atoms with Gasteiger partial charge in [-0.2, -0.15) is 0 Å². The summed E-state index contributed by atoms with van der Waals surface area (Å²) in [5, 5.41) is 2.65. The summed E-state index contributed by atoms with van der Waals surface area (Å²) >= 11 is 0. The normalized spacial score (nSPS) is 9.73. The van der Waals surface area contributed by atoms with Crippen LogP contribution in [0.4, 0.5) is 5.69 Å². The van der Waals surface area contributed by atoms with Crippen molar-refractivity contribution >= 4 is 17.4 Å². The van der Waals surface area contributed by atoms with E-state index in [0.29, 0.717) is 12.2 Å². The van der Waals surface area contributed by atoms with Gasteiger partial charge in [0.15, 0.2) is 0 Å². The molecule has 1 amide bonds. The molecular formula is C11H14N2O2. The lowest BCUT2D eigenvalue weighted by Gasteiger charge is -2.08. The highest BCUT2D eigenvalue weighted by Gasteiger charge is 2.07. The molecule has 0 fully saturated rings. The number of nitrogens with two attached hydrogens (primary N) is 1. The predicted octanol–water partition coefficient (Wildman–Crippen LogP) is 1.06. The molecule has 0 heterocycles. The molecule has 0 unspecified atom stereocenters. The van der Waals surface area contributed by atoms with Gasteiger partial charge in [0.25, 0.3) is 0 Å². The van der Waals surface area contributed by atoms with Crippen LogP contribution in [0.2, 0.25) is 0 Å². The quantitative estimate of drug-likeness (QED) is 0.723. The number of hydrogen-bond donors (Lipinski definition) is 2. The van der Waals surface area contributed by atoms with Crippen molar-refractivity contribution in [1.82, 2.24) is 0 Å². The summed E-state index contributed by atoms with van der Waals surface area (Å²) < 4.78 is 0. The first kappa shape index (κ1) is 11.4. The van der Waals surface area contributed by atoms with Gasteiger partial charge in [-0.3, -0.25) is 9.59 Å². The number of ketones is 1. The van der Waals surface area contributed by atoms with Crippen molar-refractivity contribution in [2.24, 2.45) is 5.73 Å². The minimum Gasteiger partial charge on any atom is -0.326 e. The van der Waals surface area contributed by atoms with Gasteiger partial charge < -0.3 is 11.1 Å². The van der Waals surface area contributed by atoms with Crippen LogP contribution in [0.1, 0.15) is 18.9 Å². The van der Waals surface area contributed by atoms with Gasteiger partial charge in [-0.1, -0.05) is 18.2 Å². The fraction of sp³-hybridized carbons (Fsp3) is 0.273. The third-order valence-corrected chi connectivity index (χ3v) is 1.92. The van der Waals surface area contributed by atoms with Crippen molar-refractivity contribution < 1.29 is 9.59 Å². The van der Waals surface area contributed by atoms with Gasteiger partial charge in [0.1, 0.15) is 5.78 Å². The number of benzene rings is 1. The molecule has 0 bridgehead atoms. The highest BCUT2D eigenvalue weighted by Crippen LogP contribution is 2.14. The topological polar surface area (TPSA) is 72.2 Å². The Morgan fingerprint density at radius 1 is 1.33 bits per heavy atom. The smallest absolute Gasteiger partial charge is 0.231 e. The summed E-state index contributed by atoms with van der Waals surface area (Å²) in [7, 11) is 0. The highest BCUT2D eigenvalue weighted by atomic mass is 16.2. The lowest BCUT2D eigenvalue weighted by atomic mass is 10.1. The average molecular weight is 206 g/mol. The fourth-order valence-corrected chi connectivity index (χ4v) is 1.24. The van der Waals surface area contributed by atoms with E-state index >= 15 is 0 Å². The first-order valence-corrected chi connectivity index (χ1v) is 4.70. The molecule has 3 N–H and O–H groups in total. The molecule has 1 aromatic rings. The summed E-state index contributed by atoms with van der Waals surface area (Å²) in [6.45, 7) is 1.74. The van der Waals surface area contributed by atoms with Gasteiger partial charge in [0.2, 0.25) is 5.91 Å². The molecule has 0 aromatic heterocycles. The summed E-state index contributed by atoms with van der Waals surface area (Å²) in [4.78, 5) is 22.0. The van der Waals surface area contributed by atoms with E-state index in [-0.39, 0.29) is 18.1 Å². The standard InChI is InChI=1S/C11H14N2O2/c1-8(14)6-11(15)13-10-5-3-2-4-9(10)7-12/h2-5H,6-7,12H2,1H3,(H,13,15). The largest absolute Gasteiger partial charge is 0.326 e. The molecule has 15 heavy (non-hydrogen) atoms. The minimum absolute atomic E-state index is 0.0983. The van der Waals surface area contributed by atoms with Gasteiger partial charge in [0.05, 0.1) is 6.42 Å². The van der Waals surface area contributed by atoms with Crippen LogP contribution in [-0.2, 0) is 16.1 Å². The second kappa shape index (κ2) is 5.26. The molecule has 0 aliphatic rings. The second-order valence-electron chi connectivity index (χ2n) is 3.29. The van der Waals surface area contributed by atoms with Gasteiger partial charge in [-0.05, 0) is 18.6 Å². The molecule has 0 aliphatic heterocycles. The third kappa shape index (κ3) is 3.52. The average Bonchev–Trinajstić information content (AvgIpc) is 2.17. The SMILES string of the molecule is CC(=O)CC(=O)Nc1ccccc1CN. The van der Waals surface area contributed by atoms with Crippen LogP contribution >= 0.6 is 0 Å². The first-order chi connectivity index (χ1) is 7.13. The number of anilines is 1. The van der Waals surface area contributed by atoms with Gasteiger partial charge in [-0.15, -0.1) is 0 Å². The Morgan fingerprint density at radius 3 is 2.60 bits per heavy atom. The van der Waals surface area contributed by atoms with Crippen molar-refractivity contribution in [3.8, 4) is 0 Å². The summed E-state index contributed by atoms with van der Waals surface area (Å²) in [5.74, 6) is -0.457. The number of rotatable bonds is 4. The van der Waals surface area contributed by atoms with Crippen molar-refractivity contribution in [2.75, 3.05) is 5.32 Å². The summed E-state index contributed by atoms with van der Waals surface area (Å²) in [5.41, 5.74) is 7.04. The predicted molar refractivity (Wildman–Crippen MR) is 58.3 cm³/mol. The molecule has 0 saturated carbocycles. The zero-order valence-electron chi connectivity index (χ0n) is 8.62. The van der Waals surface area contributed by atoms with Gasteiger partial charge in [-0.25, -0.2) is 0 Å². The van der Waals surface area contributed by atoms with E-state index in [4.69, 9.17) is 5.73 Å². The van der Waals surface area contributed by atoms with Crippen molar-refractivity contribution in [3.05, 3.63) is 29.8 Å². The Balaban J connectivity index is 2.71. The van der Waals surface area contributed by atoms with Crippen molar-refractivity contribution in [2.45, 2.75) is 19.9 Å². The lowest BCUT2D eigenvalue weighted by molar-refractivity contribution is -0.124. The number of hydrogen-bond acceptors (Lipinski definition) is 3. The van der Waals surface area contributed by atoms with E-state index in [1.165, 1.54) is 6.92 Å². The third-order valence-electron chi connectivity index (χ3n) is 1.92. The number of amides is 1. The highest BCUT2D eigenvalue weighted by molar-refractivity contribution is 6.03. The first-order valence-electron chi connectivity index (χ1n) is 4.70. The van der Waals surface area contributed by atoms with E-state index in [0.717, 1.165) is 5.56 Å². The monoisotopic (exact) mass is 206 g/mol. The minimum atomic E-state index is -0.302. The zero-order valence-corrected chi connectivity index (χ0v) is 8.62. The van der Waals surface area contributed by atoms with Crippen LogP contribution in [0.15, 0.2) is 24.3 Å². The van der Waals surface area contributed by atoms with Crippen molar-refractivity contribution in [1.29, 1.82) is 0 Å². The molecule has 0 radical (unpaired) electrons. The molecular weight excluding hydrogens is 192 g/mol. The fourth-order valence-electron chi connectivity index (χ4n) is 1.24. The van der Waals surface area contributed by atoms with Crippen LogP contribution in [-0.4, -0.2) is 11.7 Å². The molecule has 1 rings (SSSR count).